The molecule has 0 amide bonds. The van der Waals surface area contributed by atoms with E-state index in [1.807, 2.05) is 13.0 Å². The number of carbonyl (C=O) groups excluding carboxylic acids is 1. The second kappa shape index (κ2) is 9.44. The second-order valence-corrected chi connectivity index (χ2v) is 3.32. The summed E-state index contributed by atoms with van der Waals surface area (Å²) in [4.78, 5) is 11.2. The van der Waals surface area contributed by atoms with Crippen molar-refractivity contribution < 1.29 is 23.7 Å². The van der Waals surface area contributed by atoms with Crippen LogP contribution in [0.15, 0.2) is 30.3 Å². The lowest BCUT2D eigenvalue weighted by Crippen LogP contribution is -2.15. The van der Waals surface area contributed by atoms with Gasteiger partial charge in [0.25, 0.3) is 0 Å². The van der Waals surface area contributed by atoms with Gasteiger partial charge in [0.1, 0.15) is 12.4 Å². The summed E-state index contributed by atoms with van der Waals surface area (Å²) in [6.07, 6.45) is -0.727. The van der Waals surface area contributed by atoms with Crippen LogP contribution in [0.2, 0.25) is 0 Å². The van der Waals surface area contributed by atoms with Gasteiger partial charge in [0.2, 0.25) is 0 Å². The van der Waals surface area contributed by atoms with Crippen molar-refractivity contribution in [2.75, 3.05) is 33.0 Å². The Balaban J connectivity index is 2.00. The summed E-state index contributed by atoms with van der Waals surface area (Å²) in [6, 6.07) is 8.75. The van der Waals surface area contributed by atoms with E-state index >= 15 is 0 Å². The molecule has 0 aromatic heterocycles. The minimum absolute atomic E-state index is 0.164. The van der Waals surface area contributed by atoms with E-state index in [0.717, 1.165) is 0 Å². The van der Waals surface area contributed by atoms with Crippen LogP contribution in [-0.2, 0) is 14.2 Å². The van der Waals surface area contributed by atoms with Crippen molar-refractivity contribution in [1.82, 2.24) is 0 Å². The van der Waals surface area contributed by atoms with E-state index in [1.54, 1.807) is 24.3 Å². The Bertz CT molecular complexity index is 325. The molecule has 1 aromatic carbocycles. The van der Waals surface area contributed by atoms with Gasteiger partial charge in [-0.3, -0.25) is 0 Å². The molecule has 100 valence electrons. The molecule has 0 atom stereocenters. The molecule has 0 saturated heterocycles. The summed E-state index contributed by atoms with van der Waals surface area (Å²) in [5.41, 5.74) is 0. The Morgan fingerprint density at radius 3 is 2.39 bits per heavy atom. The number of carbonyl (C=O) groups is 1. The van der Waals surface area contributed by atoms with Gasteiger partial charge < -0.3 is 18.9 Å². The van der Waals surface area contributed by atoms with Crippen LogP contribution in [0.3, 0.4) is 0 Å². The largest absolute Gasteiger partial charge is 0.513 e. The van der Waals surface area contributed by atoms with Gasteiger partial charge >= 0.3 is 6.16 Å². The van der Waals surface area contributed by atoms with Crippen LogP contribution >= 0.6 is 0 Å². The quantitative estimate of drug-likeness (QED) is 0.404. The van der Waals surface area contributed by atoms with Gasteiger partial charge in [0.15, 0.2) is 0 Å². The third-order valence-corrected chi connectivity index (χ3v) is 1.97. The maximum atomic E-state index is 11.2. The first-order valence-electron chi connectivity index (χ1n) is 5.88. The van der Waals surface area contributed by atoms with Gasteiger partial charge in [-0.25, -0.2) is 4.79 Å². The van der Waals surface area contributed by atoms with E-state index < -0.39 is 6.16 Å². The third-order valence-electron chi connectivity index (χ3n) is 1.97. The first kappa shape index (κ1) is 14.5. The highest BCUT2D eigenvalue weighted by molar-refractivity contribution is 5.63. The maximum Gasteiger partial charge on any atom is 0.513 e. The molecule has 0 bridgehead atoms. The number of para-hydroxylation sites is 1. The van der Waals surface area contributed by atoms with Crippen molar-refractivity contribution in [2.24, 2.45) is 0 Å². The van der Waals surface area contributed by atoms with Crippen LogP contribution in [0.4, 0.5) is 4.79 Å². The summed E-state index contributed by atoms with van der Waals surface area (Å²) in [5.74, 6) is 0.458. The van der Waals surface area contributed by atoms with E-state index in [2.05, 4.69) is 0 Å². The first-order chi connectivity index (χ1) is 8.83. The number of hydrogen-bond acceptors (Lipinski definition) is 5. The van der Waals surface area contributed by atoms with Crippen LogP contribution < -0.4 is 4.74 Å². The Kier molecular flexibility index (Phi) is 7.59. The summed E-state index contributed by atoms with van der Waals surface area (Å²) in [7, 11) is 0. The molecular weight excluding hydrogens is 236 g/mol. The van der Waals surface area contributed by atoms with Crippen molar-refractivity contribution >= 4 is 6.16 Å². The number of rotatable bonds is 8. The van der Waals surface area contributed by atoms with Crippen molar-refractivity contribution in [3.8, 4) is 5.75 Å². The Hall–Kier alpha value is -1.59. The normalized spacial score (nSPS) is 10.1. The Morgan fingerprint density at radius 2 is 1.67 bits per heavy atom. The Labute approximate surface area is 107 Å². The summed E-state index contributed by atoms with van der Waals surface area (Å²) < 4.78 is 20.0. The number of benzene rings is 1. The lowest BCUT2D eigenvalue weighted by atomic mass is 10.3. The lowest BCUT2D eigenvalue weighted by molar-refractivity contribution is 0.0232. The molecule has 5 nitrogen and oxygen atoms in total. The molecule has 0 N–H and O–H groups in total. The second-order valence-electron chi connectivity index (χ2n) is 3.32. The molecular formula is C13H18O5. The fraction of sp³-hybridized carbons (Fsp3) is 0.462. The van der Waals surface area contributed by atoms with Crippen LogP contribution in [-0.4, -0.2) is 39.2 Å². The van der Waals surface area contributed by atoms with Gasteiger partial charge in [0, 0.05) is 6.61 Å². The molecule has 0 heterocycles. The average molecular weight is 254 g/mol. The minimum Gasteiger partial charge on any atom is -0.432 e. The van der Waals surface area contributed by atoms with Gasteiger partial charge in [-0.1, -0.05) is 18.2 Å². The highest BCUT2D eigenvalue weighted by Gasteiger charge is 2.04. The fourth-order valence-electron chi connectivity index (χ4n) is 1.16. The molecule has 0 fully saturated rings. The van der Waals surface area contributed by atoms with Crippen molar-refractivity contribution in [3.05, 3.63) is 30.3 Å². The third kappa shape index (κ3) is 6.88. The van der Waals surface area contributed by atoms with Gasteiger partial charge in [0.05, 0.1) is 19.8 Å². The van der Waals surface area contributed by atoms with Gasteiger partial charge in [-0.2, -0.15) is 0 Å². The van der Waals surface area contributed by atoms with Crippen LogP contribution in [0.1, 0.15) is 6.92 Å². The number of ether oxygens (including phenoxy) is 4. The topological polar surface area (TPSA) is 54.0 Å². The molecule has 0 saturated carbocycles. The van der Waals surface area contributed by atoms with Crippen molar-refractivity contribution in [2.45, 2.75) is 6.92 Å². The van der Waals surface area contributed by atoms with Crippen LogP contribution in [0.5, 0.6) is 5.75 Å². The predicted octanol–water partition coefficient (Wildman–Crippen LogP) is 2.26. The van der Waals surface area contributed by atoms with Crippen molar-refractivity contribution in [3.63, 3.8) is 0 Å². The van der Waals surface area contributed by atoms with Gasteiger partial charge in [-0.15, -0.1) is 0 Å². The molecule has 1 aromatic rings. The van der Waals surface area contributed by atoms with E-state index in [0.29, 0.717) is 32.2 Å². The van der Waals surface area contributed by atoms with Gasteiger partial charge in [-0.05, 0) is 19.1 Å². The lowest BCUT2D eigenvalue weighted by Gasteiger charge is -2.06. The first-order valence-corrected chi connectivity index (χ1v) is 5.88. The molecule has 0 spiro atoms. The summed E-state index contributed by atoms with van der Waals surface area (Å²) in [5, 5.41) is 0. The average Bonchev–Trinajstić information content (AvgIpc) is 2.39. The molecule has 0 aliphatic rings. The summed E-state index contributed by atoms with van der Waals surface area (Å²) in [6.45, 7) is 4.12. The molecule has 0 aliphatic carbocycles. The smallest absolute Gasteiger partial charge is 0.432 e. The molecule has 1 rings (SSSR count). The minimum atomic E-state index is -0.727. The number of hydrogen-bond donors (Lipinski definition) is 0. The molecule has 0 unspecified atom stereocenters. The monoisotopic (exact) mass is 254 g/mol. The Morgan fingerprint density at radius 1 is 1.00 bits per heavy atom. The highest BCUT2D eigenvalue weighted by Crippen LogP contribution is 2.08. The fourth-order valence-corrected chi connectivity index (χ4v) is 1.16. The maximum absolute atomic E-state index is 11.2. The zero-order chi connectivity index (χ0) is 13.1. The molecule has 0 aliphatic heterocycles. The van der Waals surface area contributed by atoms with E-state index in [1.165, 1.54) is 0 Å². The van der Waals surface area contributed by atoms with Crippen LogP contribution in [0, 0.1) is 0 Å². The SMILES string of the molecule is CCOCCOCCOC(=O)Oc1ccccc1. The van der Waals surface area contributed by atoms with E-state index in [-0.39, 0.29) is 6.61 Å². The zero-order valence-corrected chi connectivity index (χ0v) is 10.5. The van der Waals surface area contributed by atoms with E-state index in [4.69, 9.17) is 18.9 Å². The predicted molar refractivity (Wildman–Crippen MR) is 65.7 cm³/mol. The molecule has 0 radical (unpaired) electrons. The molecule has 18 heavy (non-hydrogen) atoms. The van der Waals surface area contributed by atoms with Crippen LogP contribution in [0.25, 0.3) is 0 Å². The molecule has 5 heteroatoms. The van der Waals surface area contributed by atoms with Crippen molar-refractivity contribution in [1.29, 1.82) is 0 Å². The zero-order valence-electron chi connectivity index (χ0n) is 10.5. The van der Waals surface area contributed by atoms with E-state index in [9.17, 15) is 4.79 Å². The standard InChI is InChI=1S/C13H18O5/c1-2-15-8-9-16-10-11-17-13(14)18-12-6-4-3-5-7-12/h3-7H,2,8-11H2,1H3. The summed E-state index contributed by atoms with van der Waals surface area (Å²) >= 11 is 0. The highest BCUT2D eigenvalue weighted by atomic mass is 16.7.